The van der Waals surface area contributed by atoms with Crippen LogP contribution in [-0.4, -0.2) is 43.8 Å². The zero-order valence-electron chi connectivity index (χ0n) is 15.0. The maximum absolute atomic E-state index is 12.5. The summed E-state index contributed by atoms with van der Waals surface area (Å²) >= 11 is 6.51. The Morgan fingerprint density at radius 2 is 1.96 bits per heavy atom. The summed E-state index contributed by atoms with van der Waals surface area (Å²) in [5.74, 6) is 0.896. The number of amides is 1. The lowest BCUT2D eigenvalue weighted by Crippen LogP contribution is -2.29. The van der Waals surface area contributed by atoms with Crippen molar-refractivity contribution in [3.63, 3.8) is 0 Å². The van der Waals surface area contributed by atoms with Crippen molar-refractivity contribution in [3.05, 3.63) is 47.1 Å². The summed E-state index contributed by atoms with van der Waals surface area (Å²) in [6.45, 7) is 1.07. The van der Waals surface area contributed by atoms with Crippen LogP contribution in [0, 0.1) is 0 Å². The van der Waals surface area contributed by atoms with E-state index in [0.717, 1.165) is 0 Å². The number of rotatable bonds is 7. The van der Waals surface area contributed by atoms with E-state index in [2.05, 4.69) is 0 Å². The highest BCUT2D eigenvalue weighted by Gasteiger charge is 2.31. The van der Waals surface area contributed by atoms with E-state index in [-0.39, 0.29) is 10.8 Å². The number of nitrogens with zero attached hydrogens (tertiary/aromatic N) is 1. The van der Waals surface area contributed by atoms with Gasteiger partial charge in [0.1, 0.15) is 15.8 Å². The number of hydrogen-bond acceptors (Lipinski definition) is 7. The average molecular weight is 439 g/mol. The van der Waals surface area contributed by atoms with Crippen molar-refractivity contribution in [3.8, 4) is 11.3 Å². The van der Waals surface area contributed by atoms with E-state index < -0.39 is 10.0 Å². The summed E-state index contributed by atoms with van der Waals surface area (Å²) in [5, 5.41) is 5.10. The summed E-state index contributed by atoms with van der Waals surface area (Å²) in [5.41, 5.74) is 0.694. The van der Waals surface area contributed by atoms with Gasteiger partial charge in [0.2, 0.25) is 10.0 Å². The fourth-order valence-electron chi connectivity index (χ4n) is 2.58. The lowest BCUT2D eigenvalue weighted by molar-refractivity contribution is -0.122. The minimum Gasteiger partial charge on any atom is -0.457 e. The number of primary sulfonamides is 1. The van der Waals surface area contributed by atoms with Crippen molar-refractivity contribution in [2.75, 3.05) is 20.3 Å². The first-order valence-corrected chi connectivity index (χ1v) is 11.0. The molecule has 148 valence electrons. The van der Waals surface area contributed by atoms with Crippen molar-refractivity contribution in [2.24, 2.45) is 5.14 Å². The zero-order valence-corrected chi connectivity index (χ0v) is 17.4. The predicted molar refractivity (Wildman–Crippen MR) is 112 cm³/mol. The Hall–Kier alpha value is -1.98. The number of methoxy groups -OCH3 is 1. The molecule has 1 saturated heterocycles. The number of carbonyl (C=O) groups excluding carboxylic acids is 1. The van der Waals surface area contributed by atoms with Crippen LogP contribution in [0.25, 0.3) is 17.4 Å². The number of ether oxygens (including phenoxy) is 1. The highest BCUT2D eigenvalue weighted by atomic mass is 32.2. The zero-order chi connectivity index (χ0) is 20.3. The molecule has 0 spiro atoms. The summed E-state index contributed by atoms with van der Waals surface area (Å²) < 4.78 is 34.0. The molecule has 0 atom stereocenters. The summed E-state index contributed by atoms with van der Waals surface area (Å²) in [6, 6.07) is 9.53. The number of thiocarbonyl (C=S) groups is 1. The maximum Gasteiger partial charge on any atom is 0.266 e. The SMILES string of the molecule is COCCCN1C(=O)/C(=C/c2ccc(-c3ccc(S(N)(=O)=O)cc3)o2)SC1=S. The fourth-order valence-corrected chi connectivity index (χ4v) is 4.39. The fraction of sp³-hybridized carbons (Fsp3) is 0.222. The summed E-state index contributed by atoms with van der Waals surface area (Å²) in [7, 11) is -2.13. The van der Waals surface area contributed by atoms with E-state index in [9.17, 15) is 13.2 Å². The number of benzene rings is 1. The number of hydrogen-bond donors (Lipinski definition) is 1. The second kappa shape index (κ2) is 8.58. The van der Waals surface area contributed by atoms with Gasteiger partial charge in [-0.1, -0.05) is 24.0 Å². The molecule has 1 aliphatic rings. The molecule has 0 unspecified atom stereocenters. The van der Waals surface area contributed by atoms with E-state index in [1.165, 1.54) is 23.9 Å². The maximum atomic E-state index is 12.5. The van der Waals surface area contributed by atoms with Gasteiger partial charge in [-0.25, -0.2) is 13.6 Å². The molecule has 2 heterocycles. The Bertz CT molecular complexity index is 1030. The molecule has 1 amide bonds. The normalized spacial score (nSPS) is 16.4. The van der Waals surface area contributed by atoms with Gasteiger partial charge in [-0.05, 0) is 42.8 Å². The lowest BCUT2D eigenvalue weighted by Gasteiger charge is -2.13. The molecule has 2 aromatic rings. The Morgan fingerprint density at radius 1 is 1.25 bits per heavy atom. The molecule has 28 heavy (non-hydrogen) atoms. The molecule has 1 aromatic heterocycles. The van der Waals surface area contributed by atoms with Gasteiger partial charge in [0, 0.05) is 31.9 Å². The Labute approximate surface area is 172 Å². The standard InChI is InChI=1S/C18H18N2O5S3/c1-24-10-2-9-20-17(21)16(27-18(20)26)11-13-5-8-15(25-13)12-3-6-14(7-4-12)28(19,22)23/h3-8,11H,2,9-10H2,1H3,(H2,19,22,23)/b16-11-. The second-order valence-corrected chi connectivity index (χ2v) is 9.19. The van der Waals surface area contributed by atoms with Crippen LogP contribution in [0.3, 0.4) is 0 Å². The molecular formula is C18H18N2O5S3. The average Bonchev–Trinajstić information content (AvgIpc) is 3.21. The Morgan fingerprint density at radius 3 is 2.61 bits per heavy atom. The van der Waals surface area contributed by atoms with Gasteiger partial charge in [-0.3, -0.25) is 9.69 Å². The van der Waals surface area contributed by atoms with Crippen LogP contribution in [0.15, 0.2) is 50.6 Å². The predicted octanol–water partition coefficient (Wildman–Crippen LogP) is 2.83. The third kappa shape index (κ3) is 4.70. The van der Waals surface area contributed by atoms with Crippen LogP contribution in [0.4, 0.5) is 0 Å². The van der Waals surface area contributed by atoms with E-state index in [1.54, 1.807) is 42.4 Å². The highest BCUT2D eigenvalue weighted by molar-refractivity contribution is 8.26. The van der Waals surface area contributed by atoms with Gasteiger partial charge in [0.05, 0.1) is 9.80 Å². The molecule has 0 saturated carbocycles. The number of carbonyl (C=O) groups is 1. The first-order valence-electron chi connectivity index (χ1n) is 8.27. The van der Waals surface area contributed by atoms with Crippen LogP contribution < -0.4 is 5.14 Å². The highest BCUT2D eigenvalue weighted by Crippen LogP contribution is 2.33. The molecular weight excluding hydrogens is 420 g/mol. The number of furan rings is 1. The molecule has 10 heteroatoms. The van der Waals surface area contributed by atoms with Gasteiger partial charge in [-0.2, -0.15) is 0 Å². The van der Waals surface area contributed by atoms with E-state index in [1.807, 2.05) is 0 Å². The third-order valence-electron chi connectivity index (χ3n) is 3.97. The Kier molecular flexibility index (Phi) is 6.36. The molecule has 1 fully saturated rings. The van der Waals surface area contributed by atoms with Crippen molar-refractivity contribution < 1.29 is 22.4 Å². The van der Waals surface area contributed by atoms with Gasteiger partial charge in [0.25, 0.3) is 5.91 Å². The third-order valence-corrected chi connectivity index (χ3v) is 6.28. The topological polar surface area (TPSA) is 103 Å². The van der Waals surface area contributed by atoms with Crippen LogP contribution in [0.2, 0.25) is 0 Å². The largest absolute Gasteiger partial charge is 0.457 e. The summed E-state index contributed by atoms with van der Waals surface area (Å²) in [6.07, 6.45) is 2.35. The van der Waals surface area contributed by atoms with Gasteiger partial charge < -0.3 is 9.15 Å². The second-order valence-electron chi connectivity index (χ2n) is 5.95. The first-order chi connectivity index (χ1) is 13.3. The molecule has 2 N–H and O–H groups in total. The first kappa shape index (κ1) is 20.7. The molecule has 1 aromatic carbocycles. The lowest BCUT2D eigenvalue weighted by atomic mass is 10.2. The van der Waals surface area contributed by atoms with Gasteiger partial charge >= 0.3 is 0 Å². The molecule has 3 rings (SSSR count). The van der Waals surface area contributed by atoms with Crippen molar-refractivity contribution in [1.29, 1.82) is 0 Å². The monoisotopic (exact) mass is 438 g/mol. The van der Waals surface area contributed by atoms with Crippen LogP contribution >= 0.6 is 24.0 Å². The summed E-state index contributed by atoms with van der Waals surface area (Å²) in [4.78, 5) is 14.6. The van der Waals surface area contributed by atoms with Crippen LogP contribution in [-0.2, 0) is 19.6 Å². The number of thioether (sulfide) groups is 1. The number of nitrogens with two attached hydrogens (primary N) is 1. The van der Waals surface area contributed by atoms with Gasteiger partial charge in [-0.15, -0.1) is 0 Å². The quantitative estimate of drug-likeness (QED) is 0.403. The Balaban J connectivity index is 1.75. The number of sulfonamides is 1. The van der Waals surface area contributed by atoms with Crippen molar-refractivity contribution >= 4 is 50.3 Å². The van der Waals surface area contributed by atoms with Crippen molar-refractivity contribution in [2.45, 2.75) is 11.3 Å². The smallest absolute Gasteiger partial charge is 0.266 e. The van der Waals surface area contributed by atoms with E-state index in [0.29, 0.717) is 45.9 Å². The molecule has 0 radical (unpaired) electrons. The molecule has 7 nitrogen and oxygen atoms in total. The molecule has 0 aliphatic carbocycles. The van der Waals surface area contributed by atoms with Crippen molar-refractivity contribution in [1.82, 2.24) is 4.90 Å². The molecule has 0 bridgehead atoms. The van der Waals surface area contributed by atoms with E-state index in [4.69, 9.17) is 26.5 Å². The van der Waals surface area contributed by atoms with Crippen LogP contribution in [0.5, 0.6) is 0 Å². The molecule has 1 aliphatic heterocycles. The minimum absolute atomic E-state index is 0.0279. The van der Waals surface area contributed by atoms with Crippen LogP contribution in [0.1, 0.15) is 12.2 Å². The van der Waals surface area contributed by atoms with E-state index >= 15 is 0 Å². The minimum atomic E-state index is -3.74. The van der Waals surface area contributed by atoms with Gasteiger partial charge in [0.15, 0.2) is 0 Å².